The van der Waals surface area contributed by atoms with E-state index in [-0.39, 0.29) is 0 Å². The van der Waals surface area contributed by atoms with E-state index in [1.54, 1.807) is 0 Å². The lowest BCUT2D eigenvalue weighted by Gasteiger charge is -2.35. The van der Waals surface area contributed by atoms with Gasteiger partial charge in [0.1, 0.15) is 0 Å². The van der Waals surface area contributed by atoms with Crippen molar-refractivity contribution in [2.24, 2.45) is 0 Å². The smallest absolute Gasteiger partial charge is 0.0714 e. The van der Waals surface area contributed by atoms with E-state index in [4.69, 9.17) is 0 Å². The lowest BCUT2D eigenvalue weighted by molar-refractivity contribution is 0.766. The summed E-state index contributed by atoms with van der Waals surface area (Å²) in [6.45, 7) is 6.57. The van der Waals surface area contributed by atoms with Crippen molar-refractivity contribution in [3.63, 3.8) is 0 Å². The summed E-state index contributed by atoms with van der Waals surface area (Å²) >= 11 is 0. The molecule has 2 aliphatic rings. The predicted molar refractivity (Wildman–Crippen MR) is 269 cm³/mol. The number of hydrogen-bond acceptors (Lipinski definition) is 1. The second kappa shape index (κ2) is 21.5. The molecule has 0 fully saturated rings. The highest BCUT2D eigenvalue weighted by atomic mass is 15.1. The predicted octanol–water partition coefficient (Wildman–Crippen LogP) is 16.4. The average Bonchev–Trinajstić information content (AvgIpc) is 3.44. The highest BCUT2D eigenvalue weighted by Gasteiger charge is 2.47. The molecule has 0 heterocycles. The standard InChI is InChI=1S/C38H31N.C10H14.C7H8.C6H6/c1-27-25-36-37(33-22-14-13-21-32(27)33)34-24-23-31(39(2)30-19-11-6-12-20-30)26-35(34)38(36,29-17-9-5-10-18-29)28-15-7-3-4-8-16-28;1-2-3-7-10-8-5-4-6-9-10;1-7-5-3-2-4-6-7;1-2-4-6-5-3-1/h3,5-26H,4H2,1-2H3;4-6,8-9H,2-3,7H2,1H3;2-6H,1H3;1-6H. The van der Waals surface area contributed by atoms with E-state index in [0.717, 1.165) is 6.42 Å². The summed E-state index contributed by atoms with van der Waals surface area (Å²) in [6, 6.07) is 73.0. The Morgan fingerprint density at radius 1 is 0.532 bits per heavy atom. The van der Waals surface area contributed by atoms with Crippen LogP contribution in [0.3, 0.4) is 0 Å². The van der Waals surface area contributed by atoms with Crippen LogP contribution < -0.4 is 4.90 Å². The first-order valence-corrected chi connectivity index (χ1v) is 22.1. The minimum absolute atomic E-state index is 0.431. The summed E-state index contributed by atoms with van der Waals surface area (Å²) in [6.07, 6.45) is 16.2. The molecule has 0 spiro atoms. The van der Waals surface area contributed by atoms with E-state index in [1.165, 1.54) is 91.5 Å². The van der Waals surface area contributed by atoms with Crippen molar-refractivity contribution in [3.05, 3.63) is 276 Å². The fraction of sp³-hybridized carbons (Fsp3) is 0.148. The normalized spacial score (nSPS) is 14.3. The second-order valence-corrected chi connectivity index (χ2v) is 16.0. The van der Waals surface area contributed by atoms with Gasteiger partial charge in [0.05, 0.1) is 5.41 Å². The van der Waals surface area contributed by atoms with Crippen LogP contribution in [0, 0.1) is 13.8 Å². The van der Waals surface area contributed by atoms with Gasteiger partial charge in [-0.15, -0.1) is 0 Å². The molecule has 2 aliphatic carbocycles. The van der Waals surface area contributed by atoms with Gasteiger partial charge in [0, 0.05) is 18.4 Å². The molecule has 8 aromatic carbocycles. The van der Waals surface area contributed by atoms with Gasteiger partial charge in [-0.3, -0.25) is 0 Å². The summed E-state index contributed by atoms with van der Waals surface area (Å²) < 4.78 is 0. The Balaban J connectivity index is 0.000000203. The fourth-order valence-corrected chi connectivity index (χ4v) is 8.61. The van der Waals surface area contributed by atoms with Crippen molar-refractivity contribution < 1.29 is 0 Å². The molecule has 1 heteroatoms. The van der Waals surface area contributed by atoms with Crippen LogP contribution >= 0.6 is 0 Å². The number of aryl methyl sites for hydroxylation is 3. The van der Waals surface area contributed by atoms with Crippen LogP contribution in [0.25, 0.3) is 21.9 Å². The molecule has 0 aromatic heterocycles. The molecule has 0 saturated carbocycles. The van der Waals surface area contributed by atoms with Gasteiger partial charge in [-0.2, -0.15) is 0 Å². The molecular formula is C61H59N. The quantitative estimate of drug-likeness (QED) is 0.155. The van der Waals surface area contributed by atoms with Gasteiger partial charge in [0.25, 0.3) is 0 Å². The van der Waals surface area contributed by atoms with E-state index in [2.05, 4.69) is 215 Å². The Morgan fingerprint density at radius 2 is 1.10 bits per heavy atom. The summed E-state index contributed by atoms with van der Waals surface area (Å²) in [5.74, 6) is 0. The minimum atomic E-state index is -0.431. The highest BCUT2D eigenvalue weighted by Crippen LogP contribution is 2.59. The van der Waals surface area contributed by atoms with Crippen molar-refractivity contribution in [1.82, 2.24) is 0 Å². The number of allylic oxidation sites excluding steroid dienone is 6. The number of fused-ring (bicyclic) bond motifs is 5. The topological polar surface area (TPSA) is 3.24 Å². The maximum atomic E-state index is 2.45. The summed E-state index contributed by atoms with van der Waals surface area (Å²) in [5, 5.41) is 2.64. The maximum absolute atomic E-state index is 2.45. The molecule has 1 atom stereocenters. The van der Waals surface area contributed by atoms with Crippen molar-refractivity contribution in [2.45, 2.75) is 51.9 Å². The van der Waals surface area contributed by atoms with Gasteiger partial charge >= 0.3 is 0 Å². The van der Waals surface area contributed by atoms with Gasteiger partial charge in [-0.05, 0) is 113 Å². The van der Waals surface area contributed by atoms with Crippen LogP contribution in [0.5, 0.6) is 0 Å². The molecule has 8 aromatic rings. The average molecular weight is 806 g/mol. The third-order valence-corrected chi connectivity index (χ3v) is 11.8. The molecule has 1 unspecified atom stereocenters. The minimum Gasteiger partial charge on any atom is -0.345 e. The molecule has 62 heavy (non-hydrogen) atoms. The Labute approximate surface area is 371 Å². The van der Waals surface area contributed by atoms with Crippen LogP contribution in [-0.4, -0.2) is 7.05 Å². The van der Waals surface area contributed by atoms with Gasteiger partial charge in [-0.1, -0.05) is 231 Å². The molecule has 10 rings (SSSR count). The molecule has 0 radical (unpaired) electrons. The molecule has 0 bridgehead atoms. The summed E-state index contributed by atoms with van der Waals surface area (Å²) in [4.78, 5) is 2.29. The van der Waals surface area contributed by atoms with E-state index < -0.39 is 5.41 Å². The molecule has 1 nitrogen and oxygen atoms in total. The SMILES string of the molecule is CCCCc1ccccc1.Cc1cc2c(c3ccccc13)-c1ccc(N(C)c3ccccc3)cc1C2(C1=CC=CCC=C1)c1ccccc1.Cc1ccccc1.c1ccccc1. The lowest BCUT2D eigenvalue weighted by Crippen LogP contribution is -2.29. The number of hydrogen-bond donors (Lipinski definition) is 0. The molecule has 0 aliphatic heterocycles. The van der Waals surface area contributed by atoms with Crippen molar-refractivity contribution in [2.75, 3.05) is 11.9 Å². The maximum Gasteiger partial charge on any atom is 0.0714 e. The second-order valence-electron chi connectivity index (χ2n) is 16.0. The number of benzene rings is 8. The third kappa shape index (κ3) is 9.97. The van der Waals surface area contributed by atoms with Gasteiger partial charge in [0.2, 0.25) is 0 Å². The lowest BCUT2D eigenvalue weighted by atomic mass is 9.66. The Morgan fingerprint density at radius 3 is 1.71 bits per heavy atom. The molecular weight excluding hydrogens is 747 g/mol. The highest BCUT2D eigenvalue weighted by molar-refractivity contribution is 6.05. The number of rotatable bonds is 7. The molecule has 0 saturated heterocycles. The van der Waals surface area contributed by atoms with Gasteiger partial charge in [-0.25, -0.2) is 0 Å². The Hall–Kier alpha value is -6.96. The van der Waals surface area contributed by atoms with E-state index in [1.807, 2.05) is 54.6 Å². The first-order chi connectivity index (χ1) is 30.5. The van der Waals surface area contributed by atoms with Crippen LogP contribution in [0.2, 0.25) is 0 Å². The molecule has 0 N–H and O–H groups in total. The van der Waals surface area contributed by atoms with E-state index in [9.17, 15) is 0 Å². The van der Waals surface area contributed by atoms with Crippen LogP contribution in [0.15, 0.2) is 242 Å². The van der Waals surface area contributed by atoms with Crippen molar-refractivity contribution in [1.29, 1.82) is 0 Å². The largest absolute Gasteiger partial charge is 0.345 e. The van der Waals surface area contributed by atoms with Crippen LogP contribution in [0.4, 0.5) is 11.4 Å². The first-order valence-electron chi connectivity index (χ1n) is 22.1. The third-order valence-electron chi connectivity index (χ3n) is 11.8. The number of nitrogens with zero attached hydrogens (tertiary/aromatic N) is 1. The summed E-state index contributed by atoms with van der Waals surface area (Å²) in [7, 11) is 2.16. The van der Waals surface area contributed by atoms with Crippen LogP contribution in [0.1, 0.15) is 59.6 Å². The number of unbranched alkanes of at least 4 members (excludes halogenated alkanes) is 1. The zero-order valence-electron chi connectivity index (χ0n) is 36.8. The van der Waals surface area contributed by atoms with E-state index in [0.29, 0.717) is 0 Å². The van der Waals surface area contributed by atoms with Crippen LogP contribution in [-0.2, 0) is 11.8 Å². The van der Waals surface area contributed by atoms with Gasteiger partial charge < -0.3 is 4.90 Å². The van der Waals surface area contributed by atoms with Crippen molar-refractivity contribution >= 4 is 22.1 Å². The number of para-hydroxylation sites is 1. The van der Waals surface area contributed by atoms with Crippen molar-refractivity contribution in [3.8, 4) is 11.1 Å². The first kappa shape index (κ1) is 43.1. The molecule has 308 valence electrons. The Kier molecular flexibility index (Phi) is 15.0. The fourth-order valence-electron chi connectivity index (χ4n) is 8.61. The zero-order valence-corrected chi connectivity index (χ0v) is 36.8. The van der Waals surface area contributed by atoms with E-state index >= 15 is 0 Å². The van der Waals surface area contributed by atoms with Gasteiger partial charge in [0.15, 0.2) is 0 Å². The monoisotopic (exact) mass is 805 g/mol. The number of anilines is 2. The zero-order chi connectivity index (χ0) is 43.0. The summed E-state index contributed by atoms with van der Waals surface area (Å²) in [5.41, 5.74) is 14.0. The Bertz CT molecular complexity index is 2670. The molecule has 0 amide bonds.